The molecular weight excluding hydrogens is 372 g/mol. The summed E-state index contributed by atoms with van der Waals surface area (Å²) in [6.45, 7) is 4.72. The molecule has 0 aromatic heterocycles. The van der Waals surface area contributed by atoms with Crippen molar-refractivity contribution in [2.75, 3.05) is 19.6 Å². The lowest BCUT2D eigenvalue weighted by Gasteiger charge is -2.22. The first-order valence-electron chi connectivity index (χ1n) is 7.06. The summed E-state index contributed by atoms with van der Waals surface area (Å²) in [5, 5.41) is 6.72. The number of rotatable bonds is 5. The molecule has 2 N–H and O–H groups in total. The van der Waals surface area contributed by atoms with Crippen molar-refractivity contribution in [3.63, 3.8) is 0 Å². The summed E-state index contributed by atoms with van der Waals surface area (Å²) in [5.41, 5.74) is 0. The summed E-state index contributed by atoms with van der Waals surface area (Å²) in [4.78, 5) is 13.3. The fourth-order valence-electron chi connectivity index (χ4n) is 2.25. The summed E-state index contributed by atoms with van der Waals surface area (Å²) in [6.07, 6.45) is 2.11. The molecule has 1 saturated heterocycles. The number of carbonyl (C=O) groups excluding carboxylic acids is 1. The van der Waals surface area contributed by atoms with Crippen molar-refractivity contribution in [3.8, 4) is 0 Å². The first-order chi connectivity index (χ1) is 9.65. The van der Waals surface area contributed by atoms with E-state index in [1.165, 1.54) is 4.90 Å². The van der Waals surface area contributed by atoms with Crippen LogP contribution in [0.2, 0.25) is 0 Å². The maximum Gasteiger partial charge on any atom is 0.224 e. The van der Waals surface area contributed by atoms with Gasteiger partial charge in [0.2, 0.25) is 5.91 Å². The van der Waals surface area contributed by atoms with Gasteiger partial charge < -0.3 is 10.6 Å². The van der Waals surface area contributed by atoms with E-state index in [1.54, 1.807) is 11.8 Å². The van der Waals surface area contributed by atoms with Crippen molar-refractivity contribution < 1.29 is 4.79 Å². The second-order valence-corrected chi connectivity index (χ2v) is 7.60. The molecule has 6 heteroatoms. The summed E-state index contributed by atoms with van der Waals surface area (Å²) < 4.78 is 1.09. The molecule has 0 spiro atoms. The average molecular weight is 394 g/mol. The Morgan fingerprint density at radius 3 is 2.81 bits per heavy atom. The van der Waals surface area contributed by atoms with Gasteiger partial charge in [0.1, 0.15) is 0 Å². The van der Waals surface area contributed by atoms with Crippen LogP contribution in [-0.4, -0.2) is 30.8 Å². The van der Waals surface area contributed by atoms with Gasteiger partial charge in [0, 0.05) is 27.7 Å². The number of piperidine rings is 1. The molecule has 0 saturated carbocycles. The molecule has 2 unspecified atom stereocenters. The first kappa shape index (κ1) is 18.8. The smallest absolute Gasteiger partial charge is 0.224 e. The number of halogens is 2. The number of benzene rings is 1. The number of thioether (sulfide) groups is 1. The Labute approximate surface area is 145 Å². The Morgan fingerprint density at radius 1 is 1.48 bits per heavy atom. The highest BCUT2D eigenvalue weighted by molar-refractivity contribution is 9.10. The van der Waals surface area contributed by atoms with Gasteiger partial charge in [-0.05, 0) is 43.7 Å². The standard InChI is InChI=1S/C15H21BrN2OS.ClH/c1-11(20-14-6-4-13(16)5-7-14)9-18-15(19)12-3-2-8-17-10-12;/h4-7,11-12,17H,2-3,8-10H2,1H3,(H,18,19);1H. The molecule has 1 aliphatic rings. The van der Waals surface area contributed by atoms with Gasteiger partial charge in [0.15, 0.2) is 0 Å². The number of nitrogens with one attached hydrogen (secondary N) is 2. The van der Waals surface area contributed by atoms with Gasteiger partial charge in [-0.3, -0.25) is 4.79 Å². The minimum Gasteiger partial charge on any atom is -0.355 e. The van der Waals surface area contributed by atoms with Crippen LogP contribution in [-0.2, 0) is 4.79 Å². The molecule has 1 aliphatic heterocycles. The van der Waals surface area contributed by atoms with Gasteiger partial charge >= 0.3 is 0 Å². The molecule has 1 aromatic rings. The van der Waals surface area contributed by atoms with Gasteiger partial charge in [-0.15, -0.1) is 24.2 Å². The van der Waals surface area contributed by atoms with Crippen LogP contribution in [0.3, 0.4) is 0 Å². The second-order valence-electron chi connectivity index (χ2n) is 5.17. The van der Waals surface area contributed by atoms with E-state index in [0.29, 0.717) is 5.25 Å². The molecule has 1 amide bonds. The van der Waals surface area contributed by atoms with Crippen LogP contribution in [0.15, 0.2) is 33.6 Å². The van der Waals surface area contributed by atoms with Crippen molar-refractivity contribution >= 4 is 46.0 Å². The topological polar surface area (TPSA) is 41.1 Å². The van der Waals surface area contributed by atoms with Crippen molar-refractivity contribution in [1.29, 1.82) is 0 Å². The molecule has 2 atom stereocenters. The minimum atomic E-state index is 0. The lowest BCUT2D eigenvalue weighted by molar-refractivity contribution is -0.125. The Hall–Kier alpha value is -0.230. The van der Waals surface area contributed by atoms with Crippen molar-refractivity contribution in [3.05, 3.63) is 28.7 Å². The van der Waals surface area contributed by atoms with Gasteiger partial charge in [-0.1, -0.05) is 22.9 Å². The fraction of sp³-hybridized carbons (Fsp3) is 0.533. The van der Waals surface area contributed by atoms with E-state index in [9.17, 15) is 4.79 Å². The Bertz CT molecular complexity index is 438. The summed E-state index contributed by atoms with van der Waals surface area (Å²) in [7, 11) is 0. The molecule has 1 fully saturated rings. The van der Waals surface area contributed by atoms with Crippen LogP contribution in [0.1, 0.15) is 19.8 Å². The molecule has 0 radical (unpaired) electrons. The third kappa shape index (κ3) is 6.59. The van der Waals surface area contributed by atoms with Crippen molar-refractivity contribution in [1.82, 2.24) is 10.6 Å². The molecule has 0 bridgehead atoms. The number of carbonyl (C=O) groups is 1. The molecular formula is C15H22BrClN2OS. The third-order valence-corrected chi connectivity index (χ3v) is 5.02. The quantitative estimate of drug-likeness (QED) is 0.753. The van der Waals surface area contributed by atoms with Gasteiger partial charge in [0.25, 0.3) is 0 Å². The van der Waals surface area contributed by atoms with Gasteiger partial charge in [-0.25, -0.2) is 0 Å². The van der Waals surface area contributed by atoms with Gasteiger partial charge in [0.05, 0.1) is 5.92 Å². The molecule has 2 rings (SSSR count). The van der Waals surface area contributed by atoms with Crippen LogP contribution in [0, 0.1) is 5.92 Å². The second kappa shape index (κ2) is 9.72. The van der Waals surface area contributed by atoms with Crippen LogP contribution in [0.5, 0.6) is 0 Å². The number of hydrogen-bond donors (Lipinski definition) is 2. The molecule has 21 heavy (non-hydrogen) atoms. The lowest BCUT2D eigenvalue weighted by Crippen LogP contribution is -2.42. The summed E-state index contributed by atoms with van der Waals surface area (Å²) in [6, 6.07) is 8.28. The normalized spacial score (nSPS) is 19.4. The van der Waals surface area contributed by atoms with E-state index in [2.05, 4.69) is 45.6 Å². The highest BCUT2D eigenvalue weighted by atomic mass is 79.9. The van der Waals surface area contributed by atoms with Crippen LogP contribution >= 0.6 is 40.1 Å². The predicted molar refractivity (Wildman–Crippen MR) is 95.3 cm³/mol. The lowest BCUT2D eigenvalue weighted by atomic mass is 9.99. The largest absolute Gasteiger partial charge is 0.355 e. The SMILES string of the molecule is CC(CNC(=O)C1CCCNC1)Sc1ccc(Br)cc1.Cl. The van der Waals surface area contributed by atoms with E-state index in [4.69, 9.17) is 0 Å². The third-order valence-electron chi connectivity index (χ3n) is 3.38. The highest BCUT2D eigenvalue weighted by Gasteiger charge is 2.20. The zero-order valence-corrected chi connectivity index (χ0v) is 15.3. The molecule has 1 aromatic carbocycles. The monoisotopic (exact) mass is 392 g/mol. The van der Waals surface area contributed by atoms with E-state index in [-0.39, 0.29) is 24.2 Å². The van der Waals surface area contributed by atoms with E-state index < -0.39 is 0 Å². The Kier molecular flexibility index (Phi) is 8.71. The Morgan fingerprint density at radius 2 is 2.19 bits per heavy atom. The van der Waals surface area contributed by atoms with E-state index in [0.717, 1.165) is 36.9 Å². The molecule has 0 aliphatic carbocycles. The number of amides is 1. The average Bonchev–Trinajstić information content (AvgIpc) is 2.48. The zero-order chi connectivity index (χ0) is 14.4. The van der Waals surface area contributed by atoms with Crippen molar-refractivity contribution in [2.24, 2.45) is 5.92 Å². The molecule has 1 heterocycles. The van der Waals surface area contributed by atoms with Crippen LogP contribution < -0.4 is 10.6 Å². The van der Waals surface area contributed by atoms with E-state index >= 15 is 0 Å². The first-order valence-corrected chi connectivity index (χ1v) is 8.73. The maximum absolute atomic E-state index is 12.0. The predicted octanol–water partition coefficient (Wildman–Crippen LogP) is 3.47. The van der Waals surface area contributed by atoms with E-state index in [1.807, 2.05) is 12.1 Å². The molecule has 118 valence electrons. The summed E-state index contributed by atoms with van der Waals surface area (Å²) >= 11 is 5.22. The van der Waals surface area contributed by atoms with Crippen LogP contribution in [0.25, 0.3) is 0 Å². The fourth-order valence-corrected chi connectivity index (χ4v) is 3.44. The van der Waals surface area contributed by atoms with Crippen LogP contribution in [0.4, 0.5) is 0 Å². The zero-order valence-electron chi connectivity index (χ0n) is 12.1. The summed E-state index contributed by atoms with van der Waals surface area (Å²) in [5.74, 6) is 0.342. The highest BCUT2D eigenvalue weighted by Crippen LogP contribution is 2.24. The molecule has 3 nitrogen and oxygen atoms in total. The minimum absolute atomic E-state index is 0. The van der Waals surface area contributed by atoms with Gasteiger partial charge in [-0.2, -0.15) is 0 Å². The maximum atomic E-state index is 12.0. The number of hydrogen-bond acceptors (Lipinski definition) is 3. The van der Waals surface area contributed by atoms with Crippen molar-refractivity contribution in [2.45, 2.75) is 29.9 Å². The Balaban J connectivity index is 0.00000220.